The Morgan fingerprint density at radius 2 is 1.76 bits per heavy atom. The summed E-state index contributed by atoms with van der Waals surface area (Å²) in [5.74, 6) is -0.985. The van der Waals surface area contributed by atoms with Crippen molar-refractivity contribution in [3.05, 3.63) is 76.0 Å². The Hall–Kier alpha value is -3.02. The Labute approximate surface area is 143 Å². The van der Waals surface area contributed by atoms with E-state index in [1.165, 1.54) is 16.8 Å². The van der Waals surface area contributed by atoms with Gasteiger partial charge in [0.25, 0.3) is 5.56 Å². The molecule has 0 atom stereocenters. The van der Waals surface area contributed by atoms with Gasteiger partial charge in [0.2, 0.25) is 0 Å². The molecule has 2 aromatic carbocycles. The van der Waals surface area contributed by atoms with E-state index < -0.39 is 5.97 Å². The van der Waals surface area contributed by atoms with E-state index in [4.69, 9.17) is 4.74 Å². The molecule has 25 heavy (non-hydrogen) atoms. The quantitative estimate of drug-likeness (QED) is 0.682. The smallest absolute Gasteiger partial charge is 0.359 e. The minimum atomic E-state index is -0.630. The van der Waals surface area contributed by atoms with E-state index in [-0.39, 0.29) is 29.7 Å². The summed E-state index contributed by atoms with van der Waals surface area (Å²) >= 11 is 0. The minimum Gasteiger partial charge on any atom is -0.456 e. The van der Waals surface area contributed by atoms with Crippen molar-refractivity contribution in [1.29, 1.82) is 0 Å². The molecule has 0 radical (unpaired) electrons. The SMILES string of the molecule is CC(C)n1nc(C(=O)OCc2ccc(F)cc2)c2ccccc2c1=O. The van der Waals surface area contributed by atoms with Gasteiger partial charge in [-0.05, 0) is 37.6 Å². The molecule has 0 spiro atoms. The topological polar surface area (TPSA) is 61.2 Å². The van der Waals surface area contributed by atoms with Gasteiger partial charge in [-0.25, -0.2) is 13.9 Å². The van der Waals surface area contributed by atoms with Crippen LogP contribution in [-0.4, -0.2) is 15.7 Å². The van der Waals surface area contributed by atoms with Gasteiger partial charge in [-0.1, -0.05) is 30.3 Å². The number of rotatable bonds is 4. The van der Waals surface area contributed by atoms with Crippen LogP contribution >= 0.6 is 0 Å². The maximum atomic E-state index is 12.9. The zero-order chi connectivity index (χ0) is 18.0. The summed E-state index contributed by atoms with van der Waals surface area (Å²) in [7, 11) is 0. The predicted molar refractivity (Wildman–Crippen MR) is 91.9 cm³/mol. The monoisotopic (exact) mass is 340 g/mol. The van der Waals surface area contributed by atoms with E-state index in [1.807, 2.05) is 13.8 Å². The van der Waals surface area contributed by atoms with Gasteiger partial charge >= 0.3 is 5.97 Å². The van der Waals surface area contributed by atoms with Gasteiger partial charge < -0.3 is 4.74 Å². The normalized spacial score (nSPS) is 11.0. The molecule has 3 aromatic rings. The summed E-state index contributed by atoms with van der Waals surface area (Å²) in [5.41, 5.74) is 0.503. The second kappa shape index (κ2) is 6.84. The Bertz CT molecular complexity index is 978. The minimum absolute atomic E-state index is 0.00404. The molecule has 0 aliphatic carbocycles. The molecule has 6 heteroatoms. The Morgan fingerprint density at radius 1 is 1.12 bits per heavy atom. The predicted octanol–water partition coefficient (Wildman–Crippen LogP) is 3.47. The van der Waals surface area contributed by atoms with E-state index in [2.05, 4.69) is 5.10 Å². The second-order valence-corrected chi connectivity index (χ2v) is 5.94. The third-order valence-corrected chi connectivity index (χ3v) is 3.79. The molecule has 0 saturated carbocycles. The third-order valence-electron chi connectivity index (χ3n) is 3.79. The molecule has 0 fully saturated rings. The molecular formula is C19H17FN2O3. The lowest BCUT2D eigenvalue weighted by molar-refractivity contribution is 0.0465. The van der Waals surface area contributed by atoms with Crippen molar-refractivity contribution in [2.45, 2.75) is 26.5 Å². The molecule has 0 N–H and O–H groups in total. The average Bonchev–Trinajstić information content (AvgIpc) is 2.61. The maximum Gasteiger partial charge on any atom is 0.359 e. The second-order valence-electron chi connectivity index (χ2n) is 5.94. The number of ether oxygens (including phenoxy) is 1. The fraction of sp³-hybridized carbons (Fsp3) is 0.211. The van der Waals surface area contributed by atoms with Gasteiger partial charge in [0.15, 0.2) is 5.69 Å². The van der Waals surface area contributed by atoms with Crippen molar-refractivity contribution in [2.75, 3.05) is 0 Å². The van der Waals surface area contributed by atoms with Crippen molar-refractivity contribution in [1.82, 2.24) is 9.78 Å². The Kier molecular flexibility index (Phi) is 4.61. The highest BCUT2D eigenvalue weighted by molar-refractivity contribution is 6.02. The first kappa shape index (κ1) is 16.8. The van der Waals surface area contributed by atoms with Crippen molar-refractivity contribution in [3.8, 4) is 0 Å². The first-order valence-electron chi connectivity index (χ1n) is 7.90. The number of carbonyl (C=O) groups is 1. The summed E-state index contributed by atoms with van der Waals surface area (Å²) in [6, 6.07) is 12.3. The molecule has 128 valence electrons. The number of carbonyl (C=O) groups excluding carboxylic acids is 1. The molecular weight excluding hydrogens is 323 g/mol. The van der Waals surface area contributed by atoms with E-state index in [0.29, 0.717) is 16.3 Å². The molecule has 0 amide bonds. The van der Waals surface area contributed by atoms with Gasteiger partial charge in [0.05, 0.1) is 11.4 Å². The van der Waals surface area contributed by atoms with Crippen molar-refractivity contribution >= 4 is 16.7 Å². The van der Waals surface area contributed by atoms with Gasteiger partial charge in [-0.3, -0.25) is 4.79 Å². The van der Waals surface area contributed by atoms with E-state index in [0.717, 1.165) is 0 Å². The van der Waals surface area contributed by atoms with Crippen LogP contribution in [0.25, 0.3) is 10.8 Å². The van der Waals surface area contributed by atoms with Crippen LogP contribution in [0.5, 0.6) is 0 Å². The number of aromatic nitrogens is 2. The molecule has 5 nitrogen and oxygen atoms in total. The molecule has 0 saturated heterocycles. The first-order chi connectivity index (χ1) is 12.0. The lowest BCUT2D eigenvalue weighted by atomic mass is 10.1. The number of nitrogens with zero attached hydrogens (tertiary/aromatic N) is 2. The number of halogens is 1. The average molecular weight is 340 g/mol. The van der Waals surface area contributed by atoms with Gasteiger partial charge in [0.1, 0.15) is 12.4 Å². The van der Waals surface area contributed by atoms with Crippen LogP contribution < -0.4 is 5.56 Å². The number of esters is 1. The first-order valence-corrected chi connectivity index (χ1v) is 7.90. The fourth-order valence-electron chi connectivity index (χ4n) is 2.51. The summed E-state index contributed by atoms with van der Waals surface area (Å²) in [6.07, 6.45) is 0. The lowest BCUT2D eigenvalue weighted by Crippen LogP contribution is -2.27. The number of hydrogen-bond acceptors (Lipinski definition) is 4. The Balaban J connectivity index is 1.96. The Morgan fingerprint density at radius 3 is 2.40 bits per heavy atom. The van der Waals surface area contributed by atoms with E-state index in [1.54, 1.807) is 36.4 Å². The van der Waals surface area contributed by atoms with Crippen LogP contribution in [0.15, 0.2) is 53.3 Å². The van der Waals surface area contributed by atoms with Gasteiger partial charge in [0, 0.05) is 5.39 Å². The van der Waals surface area contributed by atoms with Crippen LogP contribution in [0.3, 0.4) is 0 Å². The molecule has 1 heterocycles. The van der Waals surface area contributed by atoms with Crippen LogP contribution in [0.2, 0.25) is 0 Å². The van der Waals surface area contributed by atoms with Crippen LogP contribution in [0.4, 0.5) is 4.39 Å². The largest absolute Gasteiger partial charge is 0.456 e. The van der Waals surface area contributed by atoms with Crippen LogP contribution in [-0.2, 0) is 11.3 Å². The molecule has 0 unspecified atom stereocenters. The van der Waals surface area contributed by atoms with E-state index >= 15 is 0 Å². The number of benzene rings is 2. The summed E-state index contributed by atoms with van der Waals surface area (Å²) in [5, 5.41) is 5.06. The highest BCUT2D eigenvalue weighted by atomic mass is 19.1. The van der Waals surface area contributed by atoms with Crippen molar-refractivity contribution in [2.24, 2.45) is 0 Å². The molecule has 0 aliphatic heterocycles. The molecule has 3 rings (SSSR count). The highest BCUT2D eigenvalue weighted by Gasteiger charge is 2.19. The van der Waals surface area contributed by atoms with Crippen LogP contribution in [0, 0.1) is 5.82 Å². The molecule has 0 bridgehead atoms. The van der Waals surface area contributed by atoms with Crippen LogP contribution in [0.1, 0.15) is 35.9 Å². The van der Waals surface area contributed by atoms with Gasteiger partial charge in [-0.2, -0.15) is 5.10 Å². The molecule has 1 aromatic heterocycles. The lowest BCUT2D eigenvalue weighted by Gasteiger charge is -2.13. The highest BCUT2D eigenvalue weighted by Crippen LogP contribution is 2.16. The maximum absolute atomic E-state index is 12.9. The van der Waals surface area contributed by atoms with E-state index in [9.17, 15) is 14.0 Å². The summed E-state index contributed by atoms with van der Waals surface area (Å²) in [6.45, 7) is 3.63. The summed E-state index contributed by atoms with van der Waals surface area (Å²) < 4.78 is 19.5. The fourth-order valence-corrected chi connectivity index (χ4v) is 2.51. The van der Waals surface area contributed by atoms with Gasteiger partial charge in [-0.15, -0.1) is 0 Å². The standard InChI is InChI=1S/C19H17FN2O3/c1-12(2)22-18(23)16-6-4-3-5-15(16)17(21-22)19(24)25-11-13-7-9-14(20)10-8-13/h3-10,12H,11H2,1-2H3. The third kappa shape index (κ3) is 3.42. The number of fused-ring (bicyclic) bond motifs is 1. The zero-order valence-electron chi connectivity index (χ0n) is 13.9. The van der Waals surface area contributed by atoms with Crippen molar-refractivity contribution < 1.29 is 13.9 Å². The summed E-state index contributed by atoms with van der Waals surface area (Å²) in [4.78, 5) is 25.0. The van der Waals surface area contributed by atoms with Crippen molar-refractivity contribution in [3.63, 3.8) is 0 Å². The number of hydrogen-bond donors (Lipinski definition) is 0. The molecule has 0 aliphatic rings. The zero-order valence-corrected chi connectivity index (χ0v) is 13.9.